The molecular formula is C19H20BrN3O4S. The summed E-state index contributed by atoms with van der Waals surface area (Å²) in [5.41, 5.74) is 2.21. The lowest BCUT2D eigenvalue weighted by Crippen LogP contribution is -2.35. The van der Waals surface area contributed by atoms with Gasteiger partial charge >= 0.3 is 0 Å². The summed E-state index contributed by atoms with van der Waals surface area (Å²) in [7, 11) is -3.02. The van der Waals surface area contributed by atoms with Crippen molar-refractivity contribution < 1.29 is 13.2 Å². The second-order valence-electron chi connectivity index (χ2n) is 7.12. The highest BCUT2D eigenvalue weighted by atomic mass is 79.9. The number of sulfone groups is 1. The van der Waals surface area contributed by atoms with E-state index < -0.39 is 9.84 Å². The summed E-state index contributed by atoms with van der Waals surface area (Å²) in [6, 6.07) is 9.11. The maximum absolute atomic E-state index is 12.9. The van der Waals surface area contributed by atoms with Gasteiger partial charge in [-0.1, -0.05) is 15.9 Å². The van der Waals surface area contributed by atoms with E-state index in [4.69, 9.17) is 0 Å². The molecule has 1 aliphatic heterocycles. The molecule has 9 heteroatoms. The number of carbonyl (C=O) groups is 1. The predicted molar refractivity (Wildman–Crippen MR) is 111 cm³/mol. The molecule has 2 aromatic heterocycles. The zero-order valence-electron chi connectivity index (χ0n) is 15.1. The van der Waals surface area contributed by atoms with Crippen LogP contribution < -0.4 is 10.9 Å². The Labute approximate surface area is 170 Å². The normalized spacial score (nSPS) is 18.7. The van der Waals surface area contributed by atoms with E-state index in [9.17, 15) is 18.0 Å². The number of rotatable bonds is 5. The topological polar surface area (TPSA) is 89.7 Å². The minimum atomic E-state index is -3.02. The zero-order chi connectivity index (χ0) is 19.9. The molecule has 1 fully saturated rings. The Morgan fingerprint density at radius 2 is 2.04 bits per heavy atom. The molecule has 1 amide bonds. The van der Waals surface area contributed by atoms with Gasteiger partial charge in [-0.25, -0.2) is 8.42 Å². The van der Waals surface area contributed by atoms with Crippen LogP contribution in [0.4, 0.5) is 0 Å². The van der Waals surface area contributed by atoms with Crippen LogP contribution in [0.5, 0.6) is 0 Å². The van der Waals surface area contributed by atoms with Gasteiger partial charge in [-0.3, -0.25) is 9.59 Å². The molecule has 3 aromatic rings. The Kier molecular flexibility index (Phi) is 5.05. The van der Waals surface area contributed by atoms with Crippen molar-refractivity contribution in [3.8, 4) is 0 Å². The molecule has 1 aromatic carbocycles. The summed E-state index contributed by atoms with van der Waals surface area (Å²) in [4.78, 5) is 25.1. The van der Waals surface area contributed by atoms with Crippen LogP contribution in [0, 0.1) is 0 Å². The third-order valence-electron chi connectivity index (χ3n) is 5.08. The molecule has 0 aliphatic carbocycles. The lowest BCUT2D eigenvalue weighted by Gasteiger charge is -2.14. The predicted octanol–water partition coefficient (Wildman–Crippen LogP) is 2.10. The largest absolute Gasteiger partial charge is 0.352 e. The summed E-state index contributed by atoms with van der Waals surface area (Å²) in [6.45, 7) is 0.407. The van der Waals surface area contributed by atoms with Gasteiger partial charge in [0.05, 0.1) is 22.5 Å². The highest BCUT2D eigenvalue weighted by molar-refractivity contribution is 9.10. The van der Waals surface area contributed by atoms with Crippen LogP contribution >= 0.6 is 15.9 Å². The van der Waals surface area contributed by atoms with Crippen LogP contribution in [0.25, 0.3) is 16.6 Å². The van der Waals surface area contributed by atoms with Crippen molar-refractivity contribution in [2.45, 2.75) is 31.8 Å². The van der Waals surface area contributed by atoms with Gasteiger partial charge in [0.25, 0.3) is 5.56 Å². The second-order valence-corrected chi connectivity index (χ2v) is 10.3. The number of fused-ring (bicyclic) bond motifs is 3. The first kappa shape index (κ1) is 19.2. The van der Waals surface area contributed by atoms with E-state index in [0.717, 1.165) is 15.5 Å². The Morgan fingerprint density at radius 1 is 1.21 bits per heavy atom. The maximum atomic E-state index is 12.9. The van der Waals surface area contributed by atoms with Gasteiger partial charge in [0.15, 0.2) is 9.84 Å². The Bertz CT molecular complexity index is 1230. The molecule has 28 heavy (non-hydrogen) atoms. The number of nitrogens with zero attached hydrogens (tertiary/aromatic N) is 2. The molecule has 0 radical (unpaired) electrons. The van der Waals surface area contributed by atoms with E-state index in [1.165, 1.54) is 0 Å². The van der Waals surface area contributed by atoms with E-state index in [0.29, 0.717) is 24.9 Å². The van der Waals surface area contributed by atoms with Crippen LogP contribution in [-0.4, -0.2) is 40.8 Å². The highest BCUT2D eigenvalue weighted by Crippen LogP contribution is 2.21. The van der Waals surface area contributed by atoms with Gasteiger partial charge in [0, 0.05) is 29.7 Å². The highest BCUT2D eigenvalue weighted by Gasteiger charge is 2.28. The van der Waals surface area contributed by atoms with Crippen LogP contribution in [0.15, 0.2) is 45.8 Å². The molecular weight excluding hydrogens is 446 g/mol. The Balaban J connectivity index is 1.51. The van der Waals surface area contributed by atoms with Crippen LogP contribution in [0.3, 0.4) is 0 Å². The standard InChI is InChI=1S/C19H20BrN3O4S/c20-13-5-6-15-17(11-13)23(19(25)16-3-1-8-22(15)16)9-2-4-18(24)21-14-7-10-28(26,27)12-14/h1,3,5-6,8,11,14H,2,4,7,9-10,12H2,(H,21,24)/t14-/m0/s1. The first-order chi connectivity index (χ1) is 13.3. The molecule has 148 valence electrons. The number of hydrogen-bond donors (Lipinski definition) is 1. The first-order valence-electron chi connectivity index (χ1n) is 9.13. The first-order valence-corrected chi connectivity index (χ1v) is 11.7. The maximum Gasteiger partial charge on any atom is 0.275 e. The average Bonchev–Trinajstić information content (AvgIpc) is 3.24. The minimum Gasteiger partial charge on any atom is -0.352 e. The number of amides is 1. The lowest BCUT2D eigenvalue weighted by atomic mass is 10.2. The molecule has 3 heterocycles. The van der Waals surface area contributed by atoms with Crippen LogP contribution in [0.1, 0.15) is 19.3 Å². The number of aryl methyl sites for hydroxylation is 1. The van der Waals surface area contributed by atoms with E-state index in [2.05, 4.69) is 21.2 Å². The smallest absolute Gasteiger partial charge is 0.275 e. The van der Waals surface area contributed by atoms with Gasteiger partial charge in [0.1, 0.15) is 5.52 Å². The molecule has 4 rings (SSSR count). The number of halogens is 1. The number of hydrogen-bond acceptors (Lipinski definition) is 4. The van der Waals surface area contributed by atoms with Gasteiger partial charge in [-0.15, -0.1) is 0 Å². The molecule has 0 spiro atoms. The lowest BCUT2D eigenvalue weighted by molar-refractivity contribution is -0.121. The van der Waals surface area contributed by atoms with Gasteiger partial charge in [-0.05, 0) is 43.2 Å². The quantitative estimate of drug-likeness (QED) is 0.624. The van der Waals surface area contributed by atoms with E-state index in [1.807, 2.05) is 34.9 Å². The van der Waals surface area contributed by atoms with E-state index in [1.54, 1.807) is 10.6 Å². The fourth-order valence-corrected chi connectivity index (χ4v) is 5.78. The second kappa shape index (κ2) is 7.36. The van der Waals surface area contributed by atoms with Crippen molar-refractivity contribution in [2.24, 2.45) is 0 Å². The molecule has 0 saturated carbocycles. The molecule has 1 atom stereocenters. The van der Waals surface area contributed by atoms with E-state index >= 15 is 0 Å². The Hall–Kier alpha value is -2.13. The Morgan fingerprint density at radius 3 is 2.79 bits per heavy atom. The van der Waals surface area contributed by atoms with Crippen molar-refractivity contribution in [1.29, 1.82) is 0 Å². The molecule has 1 N–H and O–H groups in total. The third-order valence-corrected chi connectivity index (χ3v) is 7.35. The SMILES string of the molecule is O=C(CCCn1c(=O)c2cccn2c2ccc(Br)cc21)N[C@H]1CCS(=O)(=O)C1. The van der Waals surface area contributed by atoms with Crippen LogP contribution in [0.2, 0.25) is 0 Å². The van der Waals surface area contributed by atoms with E-state index in [-0.39, 0.29) is 35.4 Å². The van der Waals surface area contributed by atoms with Crippen molar-refractivity contribution in [3.05, 3.63) is 51.4 Å². The molecule has 1 aliphatic rings. The van der Waals surface area contributed by atoms with Gasteiger partial charge in [0.2, 0.25) is 5.91 Å². The monoisotopic (exact) mass is 465 g/mol. The molecule has 0 bridgehead atoms. The third kappa shape index (κ3) is 3.73. The molecule has 0 unspecified atom stereocenters. The average molecular weight is 466 g/mol. The van der Waals surface area contributed by atoms with Crippen LogP contribution in [-0.2, 0) is 21.2 Å². The number of nitrogens with one attached hydrogen (secondary N) is 1. The summed E-state index contributed by atoms with van der Waals surface area (Å²) in [6.07, 6.45) is 3.06. The number of aromatic nitrogens is 2. The number of benzene rings is 1. The number of carbonyl (C=O) groups excluding carboxylic acids is 1. The fraction of sp³-hybridized carbons (Fsp3) is 0.368. The summed E-state index contributed by atoms with van der Waals surface area (Å²) >= 11 is 3.46. The summed E-state index contributed by atoms with van der Waals surface area (Å²) in [5, 5.41) is 2.79. The van der Waals surface area contributed by atoms with Crippen molar-refractivity contribution >= 4 is 48.2 Å². The summed E-state index contributed by atoms with van der Waals surface area (Å²) in [5.74, 6) is -0.0304. The fourth-order valence-electron chi connectivity index (χ4n) is 3.76. The van der Waals surface area contributed by atoms with Crippen molar-refractivity contribution in [2.75, 3.05) is 11.5 Å². The van der Waals surface area contributed by atoms with Gasteiger partial charge in [-0.2, -0.15) is 0 Å². The minimum absolute atomic E-state index is 0.0156. The summed E-state index contributed by atoms with van der Waals surface area (Å²) < 4.78 is 27.4. The van der Waals surface area contributed by atoms with Gasteiger partial charge < -0.3 is 14.3 Å². The molecule has 1 saturated heterocycles. The van der Waals surface area contributed by atoms with Crippen molar-refractivity contribution in [1.82, 2.24) is 14.3 Å². The van der Waals surface area contributed by atoms with Crippen molar-refractivity contribution in [3.63, 3.8) is 0 Å². The molecule has 7 nitrogen and oxygen atoms in total. The zero-order valence-corrected chi connectivity index (χ0v) is 17.5.